The number of nitriles is 1. The molecule has 1 rings (SSSR count). The van der Waals surface area contributed by atoms with Crippen molar-refractivity contribution in [3.63, 3.8) is 0 Å². The second-order valence-corrected chi connectivity index (χ2v) is 3.37. The van der Waals surface area contributed by atoms with Crippen LogP contribution in [0.3, 0.4) is 0 Å². The molecule has 0 unspecified atom stereocenters. The van der Waals surface area contributed by atoms with Crippen LogP contribution >= 0.6 is 11.8 Å². The number of thiocyanates is 1. The Kier molecular flexibility index (Phi) is 4.20. The van der Waals surface area contributed by atoms with Crippen LogP contribution in [0.5, 0.6) is 5.75 Å². The van der Waals surface area contributed by atoms with Crippen LogP contribution in [0.1, 0.15) is 13.3 Å². The molecule has 0 radical (unpaired) electrons. The molecule has 0 aliphatic heterocycles. The normalized spacial score (nSPS) is 9.23. The second-order valence-electron chi connectivity index (χ2n) is 2.51. The summed E-state index contributed by atoms with van der Waals surface area (Å²) in [6.45, 7) is 2.81. The topological polar surface area (TPSA) is 33.0 Å². The standard InChI is InChI=1S/C10H11NOS/c1-2-7-12-9-3-5-10(6-4-9)13-8-11/h3-6H,2,7H2,1H3. The summed E-state index contributed by atoms with van der Waals surface area (Å²) in [5, 5.41) is 10.4. The largest absolute Gasteiger partial charge is 0.494 e. The lowest BCUT2D eigenvalue weighted by Gasteiger charge is -2.03. The van der Waals surface area contributed by atoms with E-state index in [4.69, 9.17) is 10.00 Å². The molecule has 0 aliphatic carbocycles. The van der Waals surface area contributed by atoms with Gasteiger partial charge in [0.05, 0.1) is 6.61 Å². The molecule has 3 heteroatoms. The van der Waals surface area contributed by atoms with Gasteiger partial charge in [0.25, 0.3) is 0 Å². The maximum atomic E-state index is 8.41. The van der Waals surface area contributed by atoms with Crippen molar-refractivity contribution in [2.75, 3.05) is 6.61 Å². The molecule has 0 amide bonds. The Balaban J connectivity index is 2.55. The molecule has 13 heavy (non-hydrogen) atoms. The third kappa shape index (κ3) is 3.39. The Bertz CT molecular complexity index is 289. The minimum Gasteiger partial charge on any atom is -0.494 e. The number of thioether (sulfide) groups is 1. The maximum absolute atomic E-state index is 8.41. The summed E-state index contributed by atoms with van der Waals surface area (Å²) in [6, 6.07) is 7.54. The Hall–Kier alpha value is -1.14. The molecule has 68 valence electrons. The van der Waals surface area contributed by atoms with Crippen molar-refractivity contribution in [3.05, 3.63) is 24.3 Å². The first-order chi connectivity index (χ1) is 6.36. The molecule has 0 saturated carbocycles. The van der Waals surface area contributed by atoms with Crippen molar-refractivity contribution in [2.24, 2.45) is 0 Å². The summed E-state index contributed by atoms with van der Waals surface area (Å²) in [7, 11) is 0. The minimum atomic E-state index is 0.741. The Morgan fingerprint density at radius 2 is 2.08 bits per heavy atom. The van der Waals surface area contributed by atoms with Crippen molar-refractivity contribution >= 4 is 11.8 Å². The molecule has 0 bridgehead atoms. The highest BCUT2D eigenvalue weighted by Gasteiger charge is 1.94. The summed E-state index contributed by atoms with van der Waals surface area (Å²) < 4.78 is 5.40. The molecule has 0 fully saturated rings. The van der Waals surface area contributed by atoms with Gasteiger partial charge in [0, 0.05) is 4.90 Å². The number of rotatable bonds is 4. The lowest BCUT2D eigenvalue weighted by atomic mass is 10.3. The van der Waals surface area contributed by atoms with Crippen LogP contribution in [-0.4, -0.2) is 6.61 Å². The minimum absolute atomic E-state index is 0.741. The molecule has 0 spiro atoms. The van der Waals surface area contributed by atoms with E-state index >= 15 is 0 Å². The van der Waals surface area contributed by atoms with Crippen LogP contribution in [0.25, 0.3) is 0 Å². The monoisotopic (exact) mass is 193 g/mol. The second kappa shape index (κ2) is 5.50. The molecule has 0 heterocycles. The van der Waals surface area contributed by atoms with Gasteiger partial charge in [-0.05, 0) is 42.4 Å². The molecule has 0 atom stereocenters. The van der Waals surface area contributed by atoms with E-state index in [1.807, 2.05) is 29.7 Å². The van der Waals surface area contributed by atoms with Crippen molar-refractivity contribution in [2.45, 2.75) is 18.2 Å². The number of nitrogens with zero attached hydrogens (tertiary/aromatic N) is 1. The van der Waals surface area contributed by atoms with Gasteiger partial charge in [0.1, 0.15) is 11.2 Å². The van der Waals surface area contributed by atoms with Crippen LogP contribution in [0.4, 0.5) is 0 Å². The third-order valence-corrected chi connectivity index (χ3v) is 2.06. The fourth-order valence-electron chi connectivity index (χ4n) is 0.877. The van der Waals surface area contributed by atoms with Gasteiger partial charge < -0.3 is 4.74 Å². The number of hydrogen-bond donors (Lipinski definition) is 0. The molecule has 0 aromatic heterocycles. The lowest BCUT2D eigenvalue weighted by Crippen LogP contribution is -1.93. The van der Waals surface area contributed by atoms with Gasteiger partial charge in [-0.1, -0.05) is 6.92 Å². The summed E-state index contributed by atoms with van der Waals surface area (Å²) in [6.07, 6.45) is 1.01. The van der Waals surface area contributed by atoms with Crippen molar-refractivity contribution < 1.29 is 4.74 Å². The molecule has 2 nitrogen and oxygen atoms in total. The lowest BCUT2D eigenvalue weighted by molar-refractivity contribution is 0.317. The smallest absolute Gasteiger partial charge is 0.138 e. The molecular formula is C10H11NOS. The van der Waals surface area contributed by atoms with Gasteiger partial charge >= 0.3 is 0 Å². The summed E-state index contributed by atoms with van der Waals surface area (Å²) in [5.41, 5.74) is 0. The van der Waals surface area contributed by atoms with Gasteiger partial charge in [-0.2, -0.15) is 5.26 Å². The molecule has 1 aromatic rings. The van der Waals surface area contributed by atoms with Crippen LogP contribution < -0.4 is 4.74 Å². The Morgan fingerprint density at radius 3 is 2.62 bits per heavy atom. The van der Waals surface area contributed by atoms with E-state index in [0.717, 1.165) is 35.4 Å². The molecule has 0 aliphatic rings. The van der Waals surface area contributed by atoms with Crippen LogP contribution in [0.2, 0.25) is 0 Å². The zero-order valence-corrected chi connectivity index (χ0v) is 8.30. The maximum Gasteiger partial charge on any atom is 0.138 e. The molecule has 1 aromatic carbocycles. The highest BCUT2D eigenvalue weighted by Crippen LogP contribution is 2.20. The fraction of sp³-hybridized carbons (Fsp3) is 0.300. The molecule has 0 N–H and O–H groups in total. The summed E-state index contributed by atoms with van der Waals surface area (Å²) in [4.78, 5) is 0.950. The van der Waals surface area contributed by atoms with Crippen LogP contribution in [-0.2, 0) is 0 Å². The van der Waals surface area contributed by atoms with Gasteiger partial charge in [0.2, 0.25) is 0 Å². The van der Waals surface area contributed by atoms with E-state index in [-0.39, 0.29) is 0 Å². The third-order valence-electron chi connectivity index (χ3n) is 1.46. The zero-order valence-electron chi connectivity index (χ0n) is 7.49. The average molecular weight is 193 g/mol. The summed E-state index contributed by atoms with van der Waals surface area (Å²) in [5.74, 6) is 0.865. The van der Waals surface area contributed by atoms with Gasteiger partial charge in [-0.3, -0.25) is 0 Å². The van der Waals surface area contributed by atoms with E-state index in [1.165, 1.54) is 0 Å². The molecule has 0 saturated heterocycles. The SMILES string of the molecule is CCCOc1ccc(SC#N)cc1. The zero-order chi connectivity index (χ0) is 9.52. The fourth-order valence-corrected chi connectivity index (χ4v) is 1.25. The van der Waals surface area contributed by atoms with Crippen LogP contribution in [0, 0.1) is 10.7 Å². The number of ether oxygens (including phenoxy) is 1. The average Bonchev–Trinajstić information content (AvgIpc) is 2.17. The van der Waals surface area contributed by atoms with E-state index < -0.39 is 0 Å². The van der Waals surface area contributed by atoms with Crippen LogP contribution in [0.15, 0.2) is 29.2 Å². The highest BCUT2D eigenvalue weighted by atomic mass is 32.2. The quantitative estimate of drug-likeness (QED) is 0.544. The first kappa shape index (κ1) is 9.94. The highest BCUT2D eigenvalue weighted by molar-refractivity contribution is 8.03. The molecular weight excluding hydrogens is 182 g/mol. The van der Waals surface area contributed by atoms with Crippen molar-refractivity contribution in [3.8, 4) is 11.2 Å². The van der Waals surface area contributed by atoms with E-state index in [0.29, 0.717) is 0 Å². The first-order valence-electron chi connectivity index (χ1n) is 4.15. The van der Waals surface area contributed by atoms with Crippen molar-refractivity contribution in [1.29, 1.82) is 5.26 Å². The van der Waals surface area contributed by atoms with Crippen molar-refractivity contribution in [1.82, 2.24) is 0 Å². The van der Waals surface area contributed by atoms with Gasteiger partial charge in [-0.15, -0.1) is 0 Å². The number of hydrogen-bond acceptors (Lipinski definition) is 3. The van der Waals surface area contributed by atoms with Gasteiger partial charge in [-0.25, -0.2) is 0 Å². The predicted molar refractivity (Wildman–Crippen MR) is 53.7 cm³/mol. The Labute approximate surface area is 82.5 Å². The Morgan fingerprint density at radius 1 is 1.38 bits per heavy atom. The summed E-state index contributed by atoms with van der Waals surface area (Å²) >= 11 is 1.16. The number of benzene rings is 1. The predicted octanol–water partition coefficient (Wildman–Crippen LogP) is 3.05. The van der Waals surface area contributed by atoms with Gasteiger partial charge in [0.15, 0.2) is 0 Å². The van der Waals surface area contributed by atoms with E-state index in [1.54, 1.807) is 0 Å². The van der Waals surface area contributed by atoms with E-state index in [2.05, 4.69) is 6.92 Å². The first-order valence-corrected chi connectivity index (χ1v) is 4.97. The van der Waals surface area contributed by atoms with E-state index in [9.17, 15) is 0 Å².